The maximum atomic E-state index is 13.6. The molecule has 0 aromatic heterocycles. The Morgan fingerprint density at radius 1 is 1.03 bits per heavy atom. The van der Waals surface area contributed by atoms with Gasteiger partial charge in [-0.15, -0.1) is 0 Å². The van der Waals surface area contributed by atoms with E-state index in [1.165, 1.54) is 29.2 Å². The quantitative estimate of drug-likeness (QED) is 0.459. The number of fused-ring (bicyclic) bond motifs is 1. The Hall–Kier alpha value is -2.23. The van der Waals surface area contributed by atoms with Crippen molar-refractivity contribution in [1.29, 1.82) is 0 Å². The van der Waals surface area contributed by atoms with E-state index in [1.807, 2.05) is 24.3 Å². The minimum Gasteiger partial charge on any atom is -0.372 e. The van der Waals surface area contributed by atoms with Gasteiger partial charge in [0.1, 0.15) is 0 Å². The molecule has 0 saturated heterocycles. The van der Waals surface area contributed by atoms with Gasteiger partial charge in [0, 0.05) is 20.6 Å². The SMILES string of the molecule is CC(C)(C)NS(=O)(=O)c1ccc(C2(O)C(=O)N(Cc3ccc(Br)cc3)c3cc(Cl)ccc32)cc1. The molecular weight excluding hydrogens is 540 g/mol. The Labute approximate surface area is 212 Å². The van der Waals surface area contributed by atoms with Crippen LogP contribution in [0.3, 0.4) is 0 Å². The largest absolute Gasteiger partial charge is 0.372 e. The van der Waals surface area contributed by atoms with Gasteiger partial charge in [0.2, 0.25) is 10.0 Å². The summed E-state index contributed by atoms with van der Waals surface area (Å²) < 4.78 is 28.9. The number of benzene rings is 3. The molecule has 34 heavy (non-hydrogen) atoms. The van der Waals surface area contributed by atoms with Crippen molar-refractivity contribution in [2.75, 3.05) is 4.90 Å². The number of rotatable bonds is 5. The van der Waals surface area contributed by atoms with Gasteiger partial charge in [-0.3, -0.25) is 4.79 Å². The molecule has 9 heteroatoms. The van der Waals surface area contributed by atoms with Crippen LogP contribution in [0, 0.1) is 0 Å². The van der Waals surface area contributed by atoms with Crippen LogP contribution in [0.2, 0.25) is 5.02 Å². The molecule has 0 radical (unpaired) electrons. The molecule has 3 aromatic rings. The second kappa shape index (κ2) is 8.77. The van der Waals surface area contributed by atoms with E-state index in [1.54, 1.807) is 39.0 Å². The molecule has 0 aliphatic carbocycles. The Morgan fingerprint density at radius 2 is 1.65 bits per heavy atom. The summed E-state index contributed by atoms with van der Waals surface area (Å²) in [6.07, 6.45) is 0. The van der Waals surface area contributed by atoms with E-state index in [0.717, 1.165) is 10.0 Å². The Morgan fingerprint density at radius 3 is 2.24 bits per heavy atom. The first-order valence-corrected chi connectivity index (χ1v) is 13.2. The average molecular weight is 564 g/mol. The van der Waals surface area contributed by atoms with E-state index in [2.05, 4.69) is 20.7 Å². The number of carbonyl (C=O) groups is 1. The zero-order valence-corrected chi connectivity index (χ0v) is 22.0. The molecule has 3 aromatic carbocycles. The molecule has 178 valence electrons. The molecule has 6 nitrogen and oxygen atoms in total. The molecule has 1 amide bonds. The molecule has 1 aliphatic rings. The second-order valence-corrected chi connectivity index (χ2v) is 12.3. The minimum absolute atomic E-state index is 0.0447. The van der Waals surface area contributed by atoms with Crippen molar-refractivity contribution in [1.82, 2.24) is 4.72 Å². The van der Waals surface area contributed by atoms with Crippen molar-refractivity contribution in [3.63, 3.8) is 0 Å². The number of hydrogen-bond acceptors (Lipinski definition) is 4. The van der Waals surface area contributed by atoms with Crippen LogP contribution >= 0.6 is 27.5 Å². The van der Waals surface area contributed by atoms with Gasteiger partial charge in [-0.2, -0.15) is 0 Å². The van der Waals surface area contributed by atoms with Gasteiger partial charge in [0.05, 0.1) is 17.1 Å². The van der Waals surface area contributed by atoms with Gasteiger partial charge >= 0.3 is 0 Å². The van der Waals surface area contributed by atoms with Gasteiger partial charge in [-0.1, -0.05) is 57.9 Å². The van der Waals surface area contributed by atoms with Crippen molar-refractivity contribution < 1.29 is 18.3 Å². The summed E-state index contributed by atoms with van der Waals surface area (Å²) in [4.78, 5) is 15.2. The lowest BCUT2D eigenvalue weighted by atomic mass is 9.87. The zero-order chi connectivity index (χ0) is 24.9. The topological polar surface area (TPSA) is 86.7 Å². The lowest BCUT2D eigenvalue weighted by molar-refractivity contribution is -0.132. The van der Waals surface area contributed by atoms with Crippen molar-refractivity contribution in [3.8, 4) is 0 Å². The molecule has 1 heterocycles. The Balaban J connectivity index is 1.74. The van der Waals surface area contributed by atoms with Crippen LogP contribution in [0.25, 0.3) is 0 Å². The molecular formula is C25H24BrClN2O4S. The van der Waals surface area contributed by atoms with E-state index < -0.39 is 27.1 Å². The second-order valence-electron chi connectivity index (χ2n) is 9.27. The standard InChI is InChI=1S/C25H24BrClN2O4S/c1-24(2,3)28-34(32,33)20-11-6-17(7-12-20)25(31)21-13-10-19(27)14-22(21)29(23(25)30)15-16-4-8-18(26)9-5-16/h4-14,28,31H,15H2,1-3H3. The highest BCUT2D eigenvalue weighted by Gasteiger charge is 2.51. The summed E-state index contributed by atoms with van der Waals surface area (Å²) >= 11 is 9.63. The first-order valence-electron chi connectivity index (χ1n) is 10.5. The lowest BCUT2D eigenvalue weighted by Gasteiger charge is -2.24. The molecule has 1 atom stereocenters. The fourth-order valence-corrected chi connectivity index (χ4v) is 5.85. The van der Waals surface area contributed by atoms with Gasteiger partial charge in [-0.05, 0) is 68.3 Å². The van der Waals surface area contributed by atoms with Crippen LogP contribution in [-0.2, 0) is 27.0 Å². The maximum absolute atomic E-state index is 13.6. The predicted octanol–water partition coefficient (Wildman–Crippen LogP) is 4.96. The molecule has 0 fully saturated rings. The first-order chi connectivity index (χ1) is 15.8. The molecule has 2 N–H and O–H groups in total. The van der Waals surface area contributed by atoms with E-state index in [0.29, 0.717) is 16.3 Å². The Bertz CT molecular complexity index is 1350. The highest BCUT2D eigenvalue weighted by molar-refractivity contribution is 9.10. The van der Waals surface area contributed by atoms with Crippen molar-refractivity contribution in [2.24, 2.45) is 0 Å². The summed E-state index contributed by atoms with van der Waals surface area (Å²) in [6.45, 7) is 5.49. The number of nitrogens with zero attached hydrogens (tertiary/aromatic N) is 1. The van der Waals surface area contributed by atoms with Crippen LogP contribution in [0.5, 0.6) is 0 Å². The highest BCUT2D eigenvalue weighted by atomic mass is 79.9. The number of amides is 1. The molecule has 1 aliphatic heterocycles. The third-order valence-corrected chi connectivity index (χ3v) is 8.01. The number of sulfonamides is 1. The van der Waals surface area contributed by atoms with Crippen molar-refractivity contribution >= 4 is 49.1 Å². The third kappa shape index (κ3) is 4.65. The number of aliphatic hydroxyl groups is 1. The summed E-state index contributed by atoms with van der Waals surface area (Å²) in [5.74, 6) is -0.531. The molecule has 0 spiro atoms. The average Bonchev–Trinajstić information content (AvgIpc) is 2.96. The smallest absolute Gasteiger partial charge is 0.268 e. The lowest BCUT2D eigenvalue weighted by Crippen LogP contribution is -2.41. The predicted molar refractivity (Wildman–Crippen MR) is 136 cm³/mol. The number of hydrogen-bond donors (Lipinski definition) is 2. The van der Waals surface area contributed by atoms with Gasteiger partial charge < -0.3 is 10.0 Å². The van der Waals surface area contributed by atoms with E-state index in [9.17, 15) is 18.3 Å². The molecule has 1 unspecified atom stereocenters. The summed E-state index contributed by atoms with van der Waals surface area (Å²) in [6, 6.07) is 18.2. The fourth-order valence-electron chi connectivity index (χ4n) is 4.00. The zero-order valence-electron chi connectivity index (χ0n) is 18.8. The van der Waals surface area contributed by atoms with E-state index >= 15 is 0 Å². The van der Waals surface area contributed by atoms with E-state index in [-0.39, 0.29) is 17.0 Å². The molecule has 4 rings (SSSR count). The van der Waals surface area contributed by atoms with Gasteiger partial charge in [0.15, 0.2) is 5.60 Å². The van der Waals surface area contributed by atoms with Crippen LogP contribution in [0.15, 0.2) is 76.1 Å². The van der Waals surface area contributed by atoms with Crippen molar-refractivity contribution in [2.45, 2.75) is 43.4 Å². The number of anilines is 1. The fraction of sp³-hybridized carbons (Fsp3) is 0.240. The minimum atomic E-state index is -3.76. The summed E-state index contributed by atoms with van der Waals surface area (Å²) in [5.41, 5.74) is -0.579. The van der Waals surface area contributed by atoms with Crippen LogP contribution < -0.4 is 9.62 Å². The highest BCUT2D eigenvalue weighted by Crippen LogP contribution is 2.46. The van der Waals surface area contributed by atoms with Crippen LogP contribution in [-0.4, -0.2) is 25.0 Å². The number of nitrogens with one attached hydrogen (secondary N) is 1. The third-order valence-electron chi connectivity index (χ3n) is 5.47. The monoisotopic (exact) mass is 562 g/mol. The van der Waals surface area contributed by atoms with Crippen molar-refractivity contribution in [3.05, 3.63) is 92.9 Å². The Kier molecular flexibility index (Phi) is 6.42. The first kappa shape index (κ1) is 24.9. The van der Waals surface area contributed by atoms with Gasteiger partial charge in [0.25, 0.3) is 5.91 Å². The maximum Gasteiger partial charge on any atom is 0.268 e. The molecule has 0 bridgehead atoms. The number of carbonyl (C=O) groups excluding carboxylic acids is 1. The van der Waals surface area contributed by atoms with Gasteiger partial charge in [-0.25, -0.2) is 13.1 Å². The summed E-state index contributed by atoms with van der Waals surface area (Å²) in [7, 11) is -3.76. The molecule has 0 saturated carbocycles. The normalized spacial score (nSPS) is 18.3. The van der Waals surface area contributed by atoms with Crippen LogP contribution in [0.4, 0.5) is 5.69 Å². The summed E-state index contributed by atoms with van der Waals surface area (Å²) in [5, 5.41) is 12.2. The van der Waals surface area contributed by atoms with Crippen LogP contribution in [0.1, 0.15) is 37.5 Å². The van der Waals surface area contributed by atoms with E-state index in [4.69, 9.17) is 11.6 Å². The number of halogens is 2.